The number of aliphatic hydroxyl groups excluding tert-OH is 1. The number of ether oxygens (including phenoxy) is 3. The summed E-state index contributed by atoms with van der Waals surface area (Å²) >= 11 is 0. The third kappa shape index (κ3) is 4.95. The fourth-order valence-electron chi connectivity index (χ4n) is 4.32. The van der Waals surface area contributed by atoms with Crippen molar-refractivity contribution in [1.29, 1.82) is 0 Å². The fourth-order valence-corrected chi connectivity index (χ4v) is 4.32. The zero-order valence-electron chi connectivity index (χ0n) is 18.5. The van der Waals surface area contributed by atoms with Crippen LogP contribution >= 0.6 is 0 Å². The summed E-state index contributed by atoms with van der Waals surface area (Å²) < 4.78 is 19.0. The summed E-state index contributed by atoms with van der Waals surface area (Å²) in [6.07, 6.45) is 6.28. The standard InChI is InChI=1S/C24H29N5O4/c25-23-14-22(33-16-18(30)15-28-8-11-31-12-9-28)19-5-4-17(13-20(19)27-23)21-6-7-26-29(21)24-3-1-2-10-32-24/h4-7,13-14,16,24,30H,1-3,8-12,15H2,(H2,25,27)/b18-16-. The Hall–Kier alpha value is -3.14. The first kappa shape index (κ1) is 21.7. The highest BCUT2D eigenvalue weighted by Gasteiger charge is 2.20. The number of aromatic nitrogens is 3. The smallest absolute Gasteiger partial charge is 0.150 e. The lowest BCUT2D eigenvalue weighted by molar-refractivity contribution is -0.0383. The van der Waals surface area contributed by atoms with E-state index in [1.165, 1.54) is 6.26 Å². The number of rotatable bonds is 6. The summed E-state index contributed by atoms with van der Waals surface area (Å²) in [4.78, 5) is 6.62. The lowest BCUT2D eigenvalue weighted by Crippen LogP contribution is -2.37. The van der Waals surface area contributed by atoms with Gasteiger partial charge in [0.05, 0.1) is 31.0 Å². The van der Waals surface area contributed by atoms with E-state index in [9.17, 15) is 5.11 Å². The number of hydrogen-bond acceptors (Lipinski definition) is 8. The van der Waals surface area contributed by atoms with E-state index in [1.54, 1.807) is 12.3 Å². The number of nitrogen functional groups attached to an aromatic ring is 1. The number of nitrogens with two attached hydrogens (primary N) is 1. The molecule has 9 heteroatoms. The molecule has 3 N–H and O–H groups in total. The van der Waals surface area contributed by atoms with Gasteiger partial charge in [0.15, 0.2) is 6.23 Å². The molecule has 2 fully saturated rings. The summed E-state index contributed by atoms with van der Waals surface area (Å²) in [5, 5.41) is 15.6. The van der Waals surface area contributed by atoms with Crippen LogP contribution in [0.25, 0.3) is 22.2 Å². The Morgan fingerprint density at radius 3 is 2.88 bits per heavy atom. The van der Waals surface area contributed by atoms with Gasteiger partial charge in [-0.1, -0.05) is 6.07 Å². The number of hydrogen-bond donors (Lipinski definition) is 2. The maximum atomic E-state index is 10.3. The zero-order chi connectivity index (χ0) is 22.6. The van der Waals surface area contributed by atoms with Gasteiger partial charge in [-0.3, -0.25) is 4.90 Å². The van der Waals surface area contributed by atoms with Crippen LogP contribution in [0.4, 0.5) is 5.82 Å². The molecule has 3 aromatic rings. The van der Waals surface area contributed by atoms with E-state index in [2.05, 4.69) is 15.0 Å². The average molecular weight is 452 g/mol. The number of nitrogens with zero attached hydrogens (tertiary/aromatic N) is 4. The average Bonchev–Trinajstić information content (AvgIpc) is 3.33. The third-order valence-electron chi connectivity index (χ3n) is 6.00. The molecule has 0 spiro atoms. The molecule has 0 amide bonds. The molecule has 2 aliphatic rings. The van der Waals surface area contributed by atoms with Crippen molar-refractivity contribution < 1.29 is 19.3 Å². The summed E-state index contributed by atoms with van der Waals surface area (Å²) in [5.74, 6) is 1.04. The number of anilines is 1. The van der Waals surface area contributed by atoms with Crippen molar-refractivity contribution in [1.82, 2.24) is 19.7 Å². The Morgan fingerprint density at radius 1 is 1.18 bits per heavy atom. The number of aliphatic hydroxyl groups is 1. The van der Waals surface area contributed by atoms with Crippen molar-refractivity contribution >= 4 is 16.7 Å². The van der Waals surface area contributed by atoms with Crippen LogP contribution < -0.4 is 10.5 Å². The van der Waals surface area contributed by atoms with Crippen LogP contribution in [0.5, 0.6) is 5.75 Å². The Balaban J connectivity index is 1.39. The van der Waals surface area contributed by atoms with Crippen LogP contribution in [-0.4, -0.2) is 64.2 Å². The molecular weight excluding hydrogens is 422 g/mol. The van der Waals surface area contributed by atoms with E-state index < -0.39 is 0 Å². The Labute approximate surface area is 192 Å². The van der Waals surface area contributed by atoms with Crippen molar-refractivity contribution in [3.05, 3.63) is 48.5 Å². The predicted octanol–water partition coefficient (Wildman–Crippen LogP) is 3.49. The van der Waals surface area contributed by atoms with Gasteiger partial charge in [-0.25, -0.2) is 9.67 Å². The second kappa shape index (κ2) is 9.78. The molecule has 1 aromatic carbocycles. The van der Waals surface area contributed by atoms with Crippen molar-refractivity contribution in [3.63, 3.8) is 0 Å². The lowest BCUT2D eigenvalue weighted by Gasteiger charge is -2.25. The molecule has 9 nitrogen and oxygen atoms in total. The lowest BCUT2D eigenvalue weighted by atomic mass is 10.1. The summed E-state index contributed by atoms with van der Waals surface area (Å²) in [6.45, 7) is 4.09. The summed E-state index contributed by atoms with van der Waals surface area (Å²) in [7, 11) is 0. The van der Waals surface area contributed by atoms with E-state index in [0.29, 0.717) is 36.8 Å². The molecule has 0 radical (unpaired) electrons. The summed E-state index contributed by atoms with van der Waals surface area (Å²) in [5.41, 5.74) is 8.72. The first-order valence-electron chi connectivity index (χ1n) is 11.4. The molecule has 1 atom stereocenters. The molecule has 0 saturated carbocycles. The molecule has 4 heterocycles. The second-order valence-corrected chi connectivity index (χ2v) is 8.37. The molecule has 1 unspecified atom stereocenters. The second-order valence-electron chi connectivity index (χ2n) is 8.37. The highest BCUT2D eigenvalue weighted by Crippen LogP contribution is 2.33. The molecule has 0 bridgehead atoms. The van der Waals surface area contributed by atoms with Gasteiger partial charge in [0.25, 0.3) is 0 Å². The van der Waals surface area contributed by atoms with Crippen molar-refractivity contribution in [2.75, 3.05) is 45.2 Å². The first-order chi connectivity index (χ1) is 16.2. The molecule has 174 valence electrons. The SMILES string of the molecule is Nc1cc(O/C=C(\O)CN2CCOCC2)c2ccc(-c3ccnn3C3CCCCO3)cc2n1. The van der Waals surface area contributed by atoms with Crippen LogP contribution in [0.2, 0.25) is 0 Å². The predicted molar refractivity (Wildman–Crippen MR) is 125 cm³/mol. The normalized spacial score (nSPS) is 20.2. The highest BCUT2D eigenvalue weighted by atomic mass is 16.5. The number of morpholine rings is 1. The Morgan fingerprint density at radius 2 is 2.06 bits per heavy atom. The minimum absolute atomic E-state index is 0.0493. The van der Waals surface area contributed by atoms with E-state index in [-0.39, 0.29) is 12.0 Å². The molecule has 0 aliphatic carbocycles. The van der Waals surface area contributed by atoms with Crippen LogP contribution in [-0.2, 0) is 9.47 Å². The Bertz CT molecular complexity index is 1130. The van der Waals surface area contributed by atoms with Crippen molar-refractivity contribution in [3.8, 4) is 17.0 Å². The van der Waals surface area contributed by atoms with Crippen LogP contribution in [0.1, 0.15) is 25.5 Å². The maximum Gasteiger partial charge on any atom is 0.150 e. The van der Waals surface area contributed by atoms with Crippen molar-refractivity contribution in [2.24, 2.45) is 0 Å². The van der Waals surface area contributed by atoms with Crippen LogP contribution in [0.3, 0.4) is 0 Å². The molecule has 5 rings (SSSR count). The van der Waals surface area contributed by atoms with Gasteiger partial charge in [0.2, 0.25) is 0 Å². The maximum absolute atomic E-state index is 10.3. The highest BCUT2D eigenvalue weighted by molar-refractivity contribution is 5.90. The van der Waals surface area contributed by atoms with E-state index in [0.717, 1.165) is 55.6 Å². The fraction of sp³-hybridized carbons (Fsp3) is 0.417. The van der Waals surface area contributed by atoms with Gasteiger partial charge in [0.1, 0.15) is 23.6 Å². The largest absolute Gasteiger partial charge is 0.508 e. The van der Waals surface area contributed by atoms with Crippen LogP contribution in [0.15, 0.2) is 48.5 Å². The van der Waals surface area contributed by atoms with E-state index in [1.807, 2.05) is 28.9 Å². The van der Waals surface area contributed by atoms with Gasteiger partial charge >= 0.3 is 0 Å². The number of fused-ring (bicyclic) bond motifs is 1. The van der Waals surface area contributed by atoms with Gasteiger partial charge in [-0.15, -0.1) is 0 Å². The summed E-state index contributed by atoms with van der Waals surface area (Å²) in [6, 6.07) is 9.60. The third-order valence-corrected chi connectivity index (χ3v) is 6.00. The minimum Gasteiger partial charge on any atom is -0.508 e. The van der Waals surface area contributed by atoms with E-state index in [4.69, 9.17) is 19.9 Å². The molecular formula is C24H29N5O4. The number of benzene rings is 1. The van der Waals surface area contributed by atoms with Crippen molar-refractivity contribution in [2.45, 2.75) is 25.5 Å². The molecule has 2 saturated heterocycles. The van der Waals surface area contributed by atoms with Gasteiger partial charge in [0, 0.05) is 42.9 Å². The minimum atomic E-state index is -0.0493. The topological polar surface area (TPSA) is 108 Å². The monoisotopic (exact) mass is 451 g/mol. The first-order valence-corrected chi connectivity index (χ1v) is 11.4. The molecule has 2 aliphatic heterocycles. The van der Waals surface area contributed by atoms with Gasteiger partial charge < -0.3 is 25.1 Å². The molecule has 33 heavy (non-hydrogen) atoms. The van der Waals surface area contributed by atoms with Gasteiger partial charge in [-0.05, 0) is 37.5 Å². The Kier molecular flexibility index (Phi) is 6.43. The zero-order valence-corrected chi connectivity index (χ0v) is 18.5. The van der Waals surface area contributed by atoms with Crippen LogP contribution in [0, 0.1) is 0 Å². The quantitative estimate of drug-likeness (QED) is 0.549. The number of pyridine rings is 1. The molecule has 2 aromatic heterocycles. The van der Waals surface area contributed by atoms with Gasteiger partial charge in [-0.2, -0.15) is 5.10 Å². The van der Waals surface area contributed by atoms with E-state index >= 15 is 0 Å².